The Morgan fingerprint density at radius 1 is 1.06 bits per heavy atom. The number of fused-ring (bicyclic) bond motifs is 1. The first-order valence-corrected chi connectivity index (χ1v) is 10.8. The summed E-state index contributed by atoms with van der Waals surface area (Å²) in [6.07, 6.45) is 0. The lowest BCUT2D eigenvalue weighted by atomic mass is 10.1. The van der Waals surface area contributed by atoms with Crippen LogP contribution in [0.25, 0.3) is 11.0 Å². The predicted octanol–water partition coefficient (Wildman–Crippen LogP) is 4.13. The number of halogens is 2. The number of piperazine rings is 1. The van der Waals surface area contributed by atoms with Crippen LogP contribution in [0.5, 0.6) is 5.75 Å². The molecular weight excluding hydrogens is 439 g/mol. The number of aryl methyl sites for hydroxylation is 1. The van der Waals surface area contributed by atoms with E-state index in [4.69, 9.17) is 32.4 Å². The standard InChI is InChI=1S/C23H22Cl2N2O4/c1-15-19-7-6-18(12-20(19)31-23(29)22(15)25)30-14-21(28)27-10-8-26(9-11-27)13-16-2-4-17(24)5-3-16/h2-7,12H,8-11,13-14H2,1H3. The van der Waals surface area contributed by atoms with Gasteiger partial charge in [-0.2, -0.15) is 0 Å². The molecule has 0 spiro atoms. The van der Waals surface area contributed by atoms with Gasteiger partial charge in [0.1, 0.15) is 16.4 Å². The first-order chi connectivity index (χ1) is 14.9. The van der Waals surface area contributed by atoms with Gasteiger partial charge in [-0.15, -0.1) is 0 Å². The molecule has 2 heterocycles. The summed E-state index contributed by atoms with van der Waals surface area (Å²) >= 11 is 11.9. The number of ether oxygens (including phenoxy) is 1. The molecule has 8 heteroatoms. The van der Waals surface area contributed by atoms with E-state index < -0.39 is 5.63 Å². The van der Waals surface area contributed by atoms with Crippen LogP contribution in [-0.4, -0.2) is 48.5 Å². The van der Waals surface area contributed by atoms with Gasteiger partial charge in [0, 0.05) is 49.2 Å². The van der Waals surface area contributed by atoms with Crippen LogP contribution in [0, 0.1) is 6.92 Å². The van der Waals surface area contributed by atoms with E-state index in [1.165, 1.54) is 5.56 Å². The average molecular weight is 461 g/mol. The molecule has 0 bridgehead atoms. The first-order valence-electron chi connectivity index (χ1n) is 10.0. The first kappa shape index (κ1) is 21.7. The van der Waals surface area contributed by atoms with Gasteiger partial charge in [-0.1, -0.05) is 35.3 Å². The molecule has 0 unspecified atom stereocenters. The molecule has 162 valence electrons. The Morgan fingerprint density at radius 3 is 2.48 bits per heavy atom. The summed E-state index contributed by atoms with van der Waals surface area (Å²) in [7, 11) is 0. The highest BCUT2D eigenvalue weighted by Crippen LogP contribution is 2.26. The van der Waals surface area contributed by atoms with Crippen LogP contribution in [0.4, 0.5) is 0 Å². The number of nitrogens with zero attached hydrogens (tertiary/aromatic N) is 2. The predicted molar refractivity (Wildman–Crippen MR) is 121 cm³/mol. The zero-order valence-electron chi connectivity index (χ0n) is 17.1. The number of carbonyl (C=O) groups is 1. The minimum Gasteiger partial charge on any atom is -0.484 e. The number of benzene rings is 2. The summed E-state index contributed by atoms with van der Waals surface area (Å²) in [5.41, 5.74) is 1.66. The van der Waals surface area contributed by atoms with Crippen molar-refractivity contribution >= 4 is 40.1 Å². The smallest absolute Gasteiger partial charge is 0.355 e. The third kappa shape index (κ3) is 5.03. The van der Waals surface area contributed by atoms with E-state index in [0.717, 1.165) is 30.0 Å². The Balaban J connectivity index is 1.31. The van der Waals surface area contributed by atoms with Crippen LogP contribution >= 0.6 is 23.2 Å². The average Bonchev–Trinajstić information content (AvgIpc) is 2.78. The molecule has 0 radical (unpaired) electrons. The molecule has 1 aliphatic heterocycles. The highest BCUT2D eigenvalue weighted by Gasteiger charge is 2.21. The molecule has 3 aromatic rings. The van der Waals surface area contributed by atoms with Gasteiger partial charge in [0.05, 0.1) is 0 Å². The molecule has 0 saturated carbocycles. The quantitative estimate of drug-likeness (QED) is 0.535. The van der Waals surface area contributed by atoms with Crippen LogP contribution in [0.2, 0.25) is 10.0 Å². The van der Waals surface area contributed by atoms with Crippen molar-refractivity contribution in [3.05, 3.63) is 74.1 Å². The zero-order chi connectivity index (χ0) is 22.0. The third-order valence-corrected chi connectivity index (χ3v) is 6.16. The van der Waals surface area contributed by atoms with Crippen molar-refractivity contribution in [3.8, 4) is 5.75 Å². The van der Waals surface area contributed by atoms with Crippen LogP contribution in [0.1, 0.15) is 11.1 Å². The molecule has 6 nitrogen and oxygen atoms in total. The van der Waals surface area contributed by atoms with Crippen molar-refractivity contribution in [1.29, 1.82) is 0 Å². The molecule has 2 aromatic carbocycles. The summed E-state index contributed by atoms with van der Waals surface area (Å²) in [6, 6.07) is 12.9. The number of hydrogen-bond donors (Lipinski definition) is 0. The van der Waals surface area contributed by atoms with Gasteiger partial charge < -0.3 is 14.1 Å². The monoisotopic (exact) mass is 460 g/mol. The second-order valence-corrected chi connectivity index (χ2v) is 8.37. The third-order valence-electron chi connectivity index (χ3n) is 5.47. The normalized spacial score (nSPS) is 14.7. The van der Waals surface area contributed by atoms with E-state index in [2.05, 4.69) is 4.90 Å². The van der Waals surface area contributed by atoms with Gasteiger partial charge in [-0.25, -0.2) is 4.79 Å². The Hall–Kier alpha value is -2.54. The molecule has 1 fully saturated rings. The molecule has 31 heavy (non-hydrogen) atoms. The van der Waals surface area contributed by atoms with Crippen molar-refractivity contribution in [2.75, 3.05) is 32.8 Å². The van der Waals surface area contributed by atoms with Gasteiger partial charge in [-0.05, 0) is 42.3 Å². The fourth-order valence-electron chi connectivity index (χ4n) is 3.64. The summed E-state index contributed by atoms with van der Waals surface area (Å²) < 4.78 is 10.9. The van der Waals surface area contributed by atoms with Crippen LogP contribution in [0.15, 0.2) is 51.7 Å². The van der Waals surface area contributed by atoms with Gasteiger partial charge in [0.2, 0.25) is 0 Å². The van der Waals surface area contributed by atoms with E-state index in [1.807, 2.05) is 29.2 Å². The van der Waals surface area contributed by atoms with Gasteiger partial charge in [0.25, 0.3) is 5.91 Å². The van der Waals surface area contributed by atoms with Crippen molar-refractivity contribution in [3.63, 3.8) is 0 Å². The summed E-state index contributed by atoms with van der Waals surface area (Å²) in [5.74, 6) is 0.395. The molecule has 0 aliphatic carbocycles. The van der Waals surface area contributed by atoms with E-state index >= 15 is 0 Å². The summed E-state index contributed by atoms with van der Waals surface area (Å²) in [6.45, 7) is 5.43. The molecular formula is C23H22Cl2N2O4. The Kier molecular flexibility index (Phi) is 6.51. The maximum Gasteiger partial charge on any atom is 0.355 e. The van der Waals surface area contributed by atoms with Crippen LogP contribution < -0.4 is 10.4 Å². The van der Waals surface area contributed by atoms with Gasteiger partial charge in [0.15, 0.2) is 6.61 Å². The van der Waals surface area contributed by atoms with E-state index in [-0.39, 0.29) is 17.5 Å². The highest BCUT2D eigenvalue weighted by molar-refractivity contribution is 6.31. The maximum absolute atomic E-state index is 12.6. The van der Waals surface area contributed by atoms with Crippen molar-refractivity contribution < 1.29 is 13.9 Å². The Bertz CT molecular complexity index is 1150. The van der Waals surface area contributed by atoms with Crippen LogP contribution in [0.3, 0.4) is 0 Å². The number of hydrogen-bond acceptors (Lipinski definition) is 5. The topological polar surface area (TPSA) is 63.0 Å². The second kappa shape index (κ2) is 9.30. The lowest BCUT2D eigenvalue weighted by Crippen LogP contribution is -2.49. The van der Waals surface area contributed by atoms with Gasteiger partial charge >= 0.3 is 5.63 Å². The largest absolute Gasteiger partial charge is 0.484 e. The van der Waals surface area contributed by atoms with Crippen molar-refractivity contribution in [1.82, 2.24) is 9.80 Å². The minimum atomic E-state index is -0.587. The van der Waals surface area contributed by atoms with E-state index in [0.29, 0.717) is 30.0 Å². The fourth-order valence-corrected chi connectivity index (χ4v) is 3.91. The molecule has 1 aromatic heterocycles. The van der Waals surface area contributed by atoms with Gasteiger partial charge in [-0.3, -0.25) is 9.69 Å². The number of amides is 1. The lowest BCUT2D eigenvalue weighted by molar-refractivity contribution is -0.135. The molecule has 0 atom stereocenters. The molecule has 1 amide bonds. The molecule has 4 rings (SSSR count). The minimum absolute atomic E-state index is 0.0695. The number of carbonyl (C=O) groups excluding carboxylic acids is 1. The lowest BCUT2D eigenvalue weighted by Gasteiger charge is -2.34. The fraction of sp³-hybridized carbons (Fsp3) is 0.304. The number of rotatable bonds is 5. The van der Waals surface area contributed by atoms with Crippen LogP contribution in [-0.2, 0) is 11.3 Å². The van der Waals surface area contributed by atoms with Crippen molar-refractivity contribution in [2.45, 2.75) is 13.5 Å². The molecule has 1 aliphatic rings. The summed E-state index contributed by atoms with van der Waals surface area (Å²) in [4.78, 5) is 28.5. The molecule has 1 saturated heterocycles. The van der Waals surface area contributed by atoms with E-state index in [1.54, 1.807) is 25.1 Å². The van der Waals surface area contributed by atoms with E-state index in [9.17, 15) is 9.59 Å². The Morgan fingerprint density at radius 2 is 1.77 bits per heavy atom. The highest BCUT2D eigenvalue weighted by atomic mass is 35.5. The van der Waals surface area contributed by atoms with Crippen molar-refractivity contribution in [2.24, 2.45) is 0 Å². The summed E-state index contributed by atoms with van der Waals surface area (Å²) in [5, 5.41) is 1.54. The Labute approximate surface area is 189 Å². The maximum atomic E-state index is 12.6. The molecule has 0 N–H and O–H groups in total. The second-order valence-electron chi connectivity index (χ2n) is 7.56. The SMILES string of the molecule is Cc1c(Cl)c(=O)oc2cc(OCC(=O)N3CCN(Cc4ccc(Cl)cc4)CC3)ccc12. The zero-order valence-corrected chi connectivity index (χ0v) is 18.6.